The molecule has 1 unspecified atom stereocenters. The van der Waals surface area contributed by atoms with Gasteiger partial charge in [0.25, 0.3) is 0 Å². The molecule has 0 aromatic carbocycles. The van der Waals surface area contributed by atoms with Crippen molar-refractivity contribution < 1.29 is 0 Å². The van der Waals surface area contributed by atoms with Crippen LogP contribution < -0.4 is 0 Å². The van der Waals surface area contributed by atoms with E-state index in [1.54, 1.807) is 6.20 Å². The predicted octanol–water partition coefficient (Wildman–Crippen LogP) is 1.32. The highest BCUT2D eigenvalue weighted by molar-refractivity contribution is 4.87. The van der Waals surface area contributed by atoms with E-state index in [0.29, 0.717) is 6.04 Å². The van der Waals surface area contributed by atoms with E-state index < -0.39 is 0 Å². The molecule has 0 spiro atoms. The summed E-state index contributed by atoms with van der Waals surface area (Å²) in [6.07, 6.45) is 4.89. The number of likely N-dealkylation sites (tertiary alicyclic amines) is 1. The normalized spacial score (nSPS) is 24.4. The van der Waals surface area contributed by atoms with E-state index in [-0.39, 0.29) is 5.54 Å². The zero-order valence-corrected chi connectivity index (χ0v) is 9.14. The number of aromatic nitrogens is 3. The van der Waals surface area contributed by atoms with Crippen molar-refractivity contribution in [3.8, 4) is 0 Å². The number of hydrogen-bond donors (Lipinski definition) is 0. The zero-order chi connectivity index (χ0) is 10.2. The third-order valence-corrected chi connectivity index (χ3v) is 2.93. The average Bonchev–Trinajstić information content (AvgIpc) is 2.73. The highest BCUT2D eigenvalue weighted by Crippen LogP contribution is 2.26. The predicted molar refractivity (Wildman–Crippen MR) is 55.0 cm³/mol. The molecule has 2 rings (SSSR count). The molecule has 1 aliphatic heterocycles. The lowest BCUT2D eigenvalue weighted by molar-refractivity contribution is 0.167. The number of rotatable bonds is 1. The van der Waals surface area contributed by atoms with Crippen molar-refractivity contribution in [1.29, 1.82) is 0 Å². The molecule has 0 aliphatic carbocycles. The van der Waals surface area contributed by atoms with Crippen molar-refractivity contribution in [3.05, 3.63) is 12.4 Å². The second-order valence-electron chi connectivity index (χ2n) is 4.94. The van der Waals surface area contributed by atoms with Gasteiger partial charge in [0.15, 0.2) is 0 Å². The summed E-state index contributed by atoms with van der Waals surface area (Å²) in [5, 5.41) is 7.90. The molecule has 0 amide bonds. The van der Waals surface area contributed by atoms with Gasteiger partial charge in [-0.05, 0) is 27.2 Å². The SMILES string of the molecule is CC(C)(C)N1CCC(n2ccnn2)C1. The summed E-state index contributed by atoms with van der Waals surface area (Å²) >= 11 is 0. The largest absolute Gasteiger partial charge is 0.296 e. The molecule has 1 fully saturated rings. The van der Waals surface area contributed by atoms with Crippen LogP contribution in [-0.4, -0.2) is 38.5 Å². The Balaban J connectivity index is 2.02. The van der Waals surface area contributed by atoms with Crippen LogP contribution in [0.25, 0.3) is 0 Å². The fraction of sp³-hybridized carbons (Fsp3) is 0.800. The number of nitrogens with zero attached hydrogens (tertiary/aromatic N) is 4. The fourth-order valence-corrected chi connectivity index (χ4v) is 1.98. The van der Waals surface area contributed by atoms with Crippen molar-refractivity contribution >= 4 is 0 Å². The molecule has 0 bridgehead atoms. The van der Waals surface area contributed by atoms with Crippen LogP contribution in [-0.2, 0) is 0 Å². The van der Waals surface area contributed by atoms with E-state index >= 15 is 0 Å². The Morgan fingerprint density at radius 2 is 2.14 bits per heavy atom. The van der Waals surface area contributed by atoms with Gasteiger partial charge in [0.1, 0.15) is 0 Å². The maximum absolute atomic E-state index is 4.05. The van der Waals surface area contributed by atoms with Crippen molar-refractivity contribution in [2.75, 3.05) is 13.1 Å². The van der Waals surface area contributed by atoms with Crippen molar-refractivity contribution in [1.82, 2.24) is 19.9 Å². The lowest BCUT2D eigenvalue weighted by Crippen LogP contribution is -2.39. The van der Waals surface area contributed by atoms with E-state index in [1.807, 2.05) is 10.9 Å². The van der Waals surface area contributed by atoms with Gasteiger partial charge < -0.3 is 0 Å². The smallest absolute Gasteiger partial charge is 0.0693 e. The first-order chi connectivity index (χ1) is 6.57. The second kappa shape index (κ2) is 3.35. The fourth-order valence-electron chi connectivity index (χ4n) is 1.98. The van der Waals surface area contributed by atoms with Crippen LogP contribution in [0.3, 0.4) is 0 Å². The highest BCUT2D eigenvalue weighted by atomic mass is 15.4. The van der Waals surface area contributed by atoms with Crippen molar-refractivity contribution in [2.24, 2.45) is 0 Å². The second-order valence-corrected chi connectivity index (χ2v) is 4.94. The van der Waals surface area contributed by atoms with Crippen LogP contribution in [0.2, 0.25) is 0 Å². The standard InChI is InChI=1S/C10H18N4/c1-10(2,3)13-6-4-9(8-13)14-7-5-11-12-14/h5,7,9H,4,6,8H2,1-3H3. The Morgan fingerprint density at radius 1 is 1.36 bits per heavy atom. The van der Waals surface area contributed by atoms with Crippen molar-refractivity contribution in [3.63, 3.8) is 0 Å². The van der Waals surface area contributed by atoms with Gasteiger partial charge in [-0.3, -0.25) is 4.90 Å². The van der Waals surface area contributed by atoms with Gasteiger partial charge in [-0.1, -0.05) is 5.21 Å². The minimum absolute atomic E-state index is 0.273. The molecule has 1 saturated heterocycles. The van der Waals surface area contributed by atoms with Crippen LogP contribution in [0.4, 0.5) is 0 Å². The van der Waals surface area contributed by atoms with Crippen molar-refractivity contribution in [2.45, 2.75) is 38.8 Å². The molecule has 1 aromatic heterocycles. The highest BCUT2D eigenvalue weighted by Gasteiger charge is 2.31. The maximum Gasteiger partial charge on any atom is 0.0693 e. The minimum Gasteiger partial charge on any atom is -0.296 e. The summed E-state index contributed by atoms with van der Waals surface area (Å²) in [7, 11) is 0. The monoisotopic (exact) mass is 194 g/mol. The van der Waals surface area contributed by atoms with Crippen LogP contribution in [0.5, 0.6) is 0 Å². The van der Waals surface area contributed by atoms with Crippen LogP contribution in [0.15, 0.2) is 12.4 Å². The summed E-state index contributed by atoms with van der Waals surface area (Å²) in [4.78, 5) is 2.50. The van der Waals surface area contributed by atoms with E-state index in [9.17, 15) is 0 Å². The molecule has 2 heterocycles. The van der Waals surface area contributed by atoms with E-state index in [4.69, 9.17) is 0 Å². The zero-order valence-electron chi connectivity index (χ0n) is 9.14. The van der Waals surface area contributed by atoms with Gasteiger partial charge in [0.2, 0.25) is 0 Å². The van der Waals surface area contributed by atoms with Crippen LogP contribution >= 0.6 is 0 Å². The van der Waals surface area contributed by atoms with Gasteiger partial charge >= 0.3 is 0 Å². The third kappa shape index (κ3) is 1.80. The quantitative estimate of drug-likeness (QED) is 0.676. The maximum atomic E-state index is 4.05. The van der Waals surface area contributed by atoms with Gasteiger partial charge in [0.05, 0.1) is 12.2 Å². The first-order valence-corrected chi connectivity index (χ1v) is 5.18. The first kappa shape index (κ1) is 9.65. The molecule has 78 valence electrons. The molecule has 1 aliphatic rings. The molecular weight excluding hydrogens is 176 g/mol. The van der Waals surface area contributed by atoms with E-state index in [0.717, 1.165) is 13.1 Å². The molecule has 4 heteroatoms. The van der Waals surface area contributed by atoms with Gasteiger partial charge in [0, 0.05) is 24.8 Å². The Morgan fingerprint density at radius 3 is 2.64 bits per heavy atom. The lowest BCUT2D eigenvalue weighted by Gasteiger charge is -2.31. The molecule has 0 saturated carbocycles. The summed E-state index contributed by atoms with van der Waals surface area (Å²) in [6, 6.07) is 0.511. The topological polar surface area (TPSA) is 34.0 Å². The Kier molecular flexibility index (Phi) is 2.31. The van der Waals surface area contributed by atoms with E-state index in [1.165, 1.54) is 6.42 Å². The molecule has 14 heavy (non-hydrogen) atoms. The molecule has 1 aromatic rings. The van der Waals surface area contributed by atoms with Gasteiger partial charge in [-0.15, -0.1) is 5.10 Å². The molecule has 0 N–H and O–H groups in total. The molecular formula is C10H18N4. The lowest BCUT2D eigenvalue weighted by atomic mass is 10.1. The minimum atomic E-state index is 0.273. The Labute approximate surface area is 84.9 Å². The molecule has 1 atom stereocenters. The summed E-state index contributed by atoms with van der Waals surface area (Å²) in [6.45, 7) is 9.03. The Bertz CT molecular complexity index is 286. The summed E-state index contributed by atoms with van der Waals surface area (Å²) in [5.74, 6) is 0. The molecule has 0 radical (unpaired) electrons. The van der Waals surface area contributed by atoms with Crippen LogP contribution in [0.1, 0.15) is 33.2 Å². The Hall–Kier alpha value is -0.900. The average molecular weight is 194 g/mol. The van der Waals surface area contributed by atoms with E-state index in [2.05, 4.69) is 36.0 Å². The van der Waals surface area contributed by atoms with Gasteiger partial charge in [-0.25, -0.2) is 4.68 Å². The first-order valence-electron chi connectivity index (χ1n) is 5.18. The van der Waals surface area contributed by atoms with Gasteiger partial charge in [-0.2, -0.15) is 0 Å². The third-order valence-electron chi connectivity index (χ3n) is 2.93. The summed E-state index contributed by atoms with van der Waals surface area (Å²) < 4.78 is 1.98. The molecule has 4 nitrogen and oxygen atoms in total. The number of hydrogen-bond acceptors (Lipinski definition) is 3. The summed E-state index contributed by atoms with van der Waals surface area (Å²) in [5.41, 5.74) is 0.273. The van der Waals surface area contributed by atoms with Crippen LogP contribution in [0, 0.1) is 0 Å².